The molecule has 1 aromatic rings. The summed E-state index contributed by atoms with van der Waals surface area (Å²) in [5.74, 6) is -0.162. The molecular formula is C7H8BFPS. The van der Waals surface area contributed by atoms with Gasteiger partial charge in [-0.25, -0.2) is 4.39 Å². The lowest BCUT2D eigenvalue weighted by molar-refractivity contribution is 0.635. The fraction of sp³-hybridized carbons (Fsp3) is 0.143. The highest BCUT2D eigenvalue weighted by Crippen LogP contribution is 2.08. The van der Waals surface area contributed by atoms with Crippen molar-refractivity contribution < 1.29 is 4.39 Å². The first-order valence-corrected chi connectivity index (χ1v) is 5.54. The quantitative estimate of drug-likeness (QED) is 0.500. The molecule has 0 amide bonds. The van der Waals surface area contributed by atoms with Crippen molar-refractivity contribution in [1.29, 1.82) is 0 Å². The second-order valence-corrected chi connectivity index (χ2v) is 3.60. The van der Waals surface area contributed by atoms with E-state index in [0.717, 1.165) is 5.56 Å². The first-order chi connectivity index (χ1) is 5.24. The molecule has 1 atom stereocenters. The Kier molecular flexibility index (Phi) is 3.41. The highest BCUT2D eigenvalue weighted by Gasteiger charge is 2.01. The molecule has 11 heavy (non-hydrogen) atoms. The second kappa shape index (κ2) is 4.13. The summed E-state index contributed by atoms with van der Waals surface area (Å²) in [5, 5.41) is 0. The number of aryl methyl sites for hydroxylation is 1. The Balaban J connectivity index is 2.93. The number of halogens is 1. The molecule has 0 aliphatic carbocycles. The van der Waals surface area contributed by atoms with Crippen LogP contribution in [0.1, 0.15) is 5.56 Å². The fourth-order valence-corrected chi connectivity index (χ4v) is 1.59. The molecule has 0 N–H and O–H groups in total. The summed E-state index contributed by atoms with van der Waals surface area (Å²) in [5.41, 5.74) is 1.74. The average molecular weight is 185 g/mol. The third kappa shape index (κ3) is 2.50. The van der Waals surface area contributed by atoms with Crippen molar-refractivity contribution in [3.8, 4) is 0 Å². The Morgan fingerprint density at radius 3 is 2.91 bits per heavy atom. The van der Waals surface area contributed by atoms with E-state index >= 15 is 0 Å². The Morgan fingerprint density at radius 1 is 1.55 bits per heavy atom. The van der Waals surface area contributed by atoms with Crippen LogP contribution in [0.15, 0.2) is 18.2 Å². The molecule has 0 saturated carbocycles. The van der Waals surface area contributed by atoms with Gasteiger partial charge in [-0.1, -0.05) is 26.1 Å². The van der Waals surface area contributed by atoms with Gasteiger partial charge in [0.1, 0.15) is 5.82 Å². The monoisotopic (exact) mass is 185 g/mol. The predicted octanol–water partition coefficient (Wildman–Crippen LogP) is 1.90. The fourth-order valence-electron chi connectivity index (χ4n) is 0.827. The maximum absolute atomic E-state index is 12.9. The van der Waals surface area contributed by atoms with E-state index in [1.54, 1.807) is 12.6 Å². The SMILES string of the molecule is Cc1ccc(F)c([B]SP)c1. The van der Waals surface area contributed by atoms with Crippen LogP contribution in [-0.4, -0.2) is 6.56 Å². The smallest absolute Gasteiger partial charge is 0.208 e. The van der Waals surface area contributed by atoms with Crippen molar-refractivity contribution in [3.05, 3.63) is 29.6 Å². The van der Waals surface area contributed by atoms with Gasteiger partial charge in [-0.3, -0.25) is 0 Å². The van der Waals surface area contributed by atoms with Crippen LogP contribution in [0.5, 0.6) is 0 Å². The molecule has 0 saturated heterocycles. The standard InChI is InChI=1S/C7H8BFPS/c1-5-2-3-7(9)6(4-5)8-11-10/h2-4H,10H2,1H3. The zero-order chi connectivity index (χ0) is 8.27. The summed E-state index contributed by atoms with van der Waals surface area (Å²) in [6.07, 6.45) is 0. The van der Waals surface area contributed by atoms with Gasteiger partial charge >= 0.3 is 0 Å². The van der Waals surface area contributed by atoms with E-state index in [0.29, 0.717) is 5.46 Å². The number of rotatable bonds is 2. The summed E-state index contributed by atoms with van der Waals surface area (Å²) < 4.78 is 12.9. The van der Waals surface area contributed by atoms with Crippen LogP contribution < -0.4 is 5.46 Å². The Bertz CT molecular complexity index is 254. The summed E-state index contributed by atoms with van der Waals surface area (Å²) in [4.78, 5) is 0. The summed E-state index contributed by atoms with van der Waals surface area (Å²) in [7, 11) is 2.46. The molecule has 1 radical (unpaired) electrons. The van der Waals surface area contributed by atoms with E-state index in [1.807, 2.05) is 13.0 Å². The van der Waals surface area contributed by atoms with Crippen LogP contribution in [0.25, 0.3) is 0 Å². The molecule has 0 aliphatic heterocycles. The average Bonchev–Trinajstić information content (AvgIpc) is 1.98. The number of hydrogen-bond donors (Lipinski definition) is 0. The molecule has 0 aliphatic rings. The first-order valence-electron chi connectivity index (χ1n) is 3.19. The van der Waals surface area contributed by atoms with Gasteiger partial charge in [0.15, 0.2) is 0 Å². The molecule has 0 heterocycles. The lowest BCUT2D eigenvalue weighted by Gasteiger charge is -1.99. The number of benzene rings is 1. The van der Waals surface area contributed by atoms with Crippen LogP contribution >= 0.6 is 19.7 Å². The molecule has 1 unspecified atom stereocenters. The van der Waals surface area contributed by atoms with Crippen LogP contribution in [0.4, 0.5) is 4.39 Å². The number of hydrogen-bond acceptors (Lipinski definition) is 1. The van der Waals surface area contributed by atoms with Gasteiger partial charge in [-0.05, 0) is 18.5 Å². The molecule has 0 aromatic heterocycles. The summed E-state index contributed by atoms with van der Waals surface area (Å²) in [6, 6.07) is 5.08. The van der Waals surface area contributed by atoms with Crippen LogP contribution in [0.3, 0.4) is 0 Å². The third-order valence-electron chi connectivity index (χ3n) is 1.35. The molecule has 1 aromatic carbocycles. The third-order valence-corrected chi connectivity index (χ3v) is 2.14. The first kappa shape index (κ1) is 9.09. The van der Waals surface area contributed by atoms with Crippen LogP contribution in [-0.2, 0) is 0 Å². The molecule has 0 spiro atoms. The molecule has 0 nitrogen and oxygen atoms in total. The van der Waals surface area contributed by atoms with Crippen molar-refractivity contribution in [1.82, 2.24) is 0 Å². The van der Waals surface area contributed by atoms with E-state index in [2.05, 4.69) is 8.44 Å². The normalized spacial score (nSPS) is 9.73. The lowest BCUT2D eigenvalue weighted by atomic mass is 9.92. The van der Waals surface area contributed by atoms with Gasteiger partial charge in [0.2, 0.25) is 6.56 Å². The largest absolute Gasteiger partial charge is 0.239 e. The van der Waals surface area contributed by atoms with E-state index in [-0.39, 0.29) is 5.82 Å². The topological polar surface area (TPSA) is 0 Å². The van der Waals surface area contributed by atoms with Gasteiger partial charge in [0.05, 0.1) is 0 Å². The molecule has 1 rings (SSSR count). The van der Waals surface area contributed by atoms with Crippen LogP contribution in [0, 0.1) is 12.7 Å². The highest BCUT2D eigenvalue weighted by atomic mass is 32.7. The van der Waals surface area contributed by atoms with Crippen LogP contribution in [0.2, 0.25) is 0 Å². The van der Waals surface area contributed by atoms with Gasteiger partial charge in [0, 0.05) is 0 Å². The summed E-state index contributed by atoms with van der Waals surface area (Å²) >= 11 is 1.43. The van der Waals surface area contributed by atoms with Gasteiger partial charge in [0.25, 0.3) is 0 Å². The lowest BCUT2D eigenvalue weighted by Crippen LogP contribution is -2.14. The molecule has 0 bridgehead atoms. The van der Waals surface area contributed by atoms with Crippen molar-refractivity contribution >= 4 is 31.7 Å². The Morgan fingerprint density at radius 2 is 2.27 bits per heavy atom. The van der Waals surface area contributed by atoms with Crippen molar-refractivity contribution in [3.63, 3.8) is 0 Å². The Hall–Kier alpha value is -0.00506. The second-order valence-electron chi connectivity index (χ2n) is 2.28. The maximum Gasteiger partial charge on any atom is 0.239 e. The van der Waals surface area contributed by atoms with Gasteiger partial charge in [-0.2, -0.15) is 11.2 Å². The Labute approximate surface area is 73.0 Å². The molecule has 4 heteroatoms. The predicted molar refractivity (Wildman–Crippen MR) is 53.8 cm³/mol. The van der Waals surface area contributed by atoms with Crippen molar-refractivity contribution in [2.45, 2.75) is 6.92 Å². The maximum atomic E-state index is 12.9. The van der Waals surface area contributed by atoms with E-state index in [1.165, 1.54) is 17.3 Å². The van der Waals surface area contributed by atoms with Crippen molar-refractivity contribution in [2.75, 3.05) is 0 Å². The van der Waals surface area contributed by atoms with E-state index in [9.17, 15) is 4.39 Å². The minimum absolute atomic E-state index is 0.162. The minimum Gasteiger partial charge on any atom is -0.208 e. The van der Waals surface area contributed by atoms with E-state index < -0.39 is 0 Å². The zero-order valence-electron chi connectivity index (χ0n) is 6.17. The van der Waals surface area contributed by atoms with Gasteiger partial charge in [-0.15, -0.1) is 0 Å². The molecular weight excluding hydrogens is 177 g/mol. The van der Waals surface area contributed by atoms with Gasteiger partial charge < -0.3 is 0 Å². The molecule has 0 fully saturated rings. The highest BCUT2D eigenvalue weighted by molar-refractivity contribution is 8.58. The van der Waals surface area contributed by atoms with Crippen molar-refractivity contribution in [2.24, 2.45) is 0 Å². The molecule has 57 valence electrons. The van der Waals surface area contributed by atoms with E-state index in [4.69, 9.17) is 0 Å². The minimum atomic E-state index is -0.162. The summed E-state index contributed by atoms with van der Waals surface area (Å²) in [6.45, 7) is 3.72. The zero-order valence-corrected chi connectivity index (χ0v) is 8.14.